The van der Waals surface area contributed by atoms with Crippen LogP contribution in [0.2, 0.25) is 0 Å². The van der Waals surface area contributed by atoms with E-state index in [4.69, 9.17) is 0 Å². The molecule has 24 heavy (non-hydrogen) atoms. The lowest BCUT2D eigenvalue weighted by Crippen LogP contribution is -2.18. The molecule has 1 aromatic heterocycles. The molecule has 0 saturated heterocycles. The maximum atomic E-state index is 12.3. The number of nitrogens with one attached hydrogen (secondary N) is 1. The summed E-state index contributed by atoms with van der Waals surface area (Å²) in [6.07, 6.45) is 5.43. The summed E-state index contributed by atoms with van der Waals surface area (Å²) in [7, 11) is 0. The van der Waals surface area contributed by atoms with Gasteiger partial charge in [-0.25, -0.2) is 0 Å². The van der Waals surface area contributed by atoms with E-state index in [2.05, 4.69) is 46.4 Å². The van der Waals surface area contributed by atoms with E-state index in [1.807, 2.05) is 41.1 Å². The van der Waals surface area contributed by atoms with E-state index in [1.165, 1.54) is 18.4 Å². The summed E-state index contributed by atoms with van der Waals surface area (Å²) in [5.74, 6) is -0.0169. The van der Waals surface area contributed by atoms with Crippen LogP contribution in [-0.4, -0.2) is 10.5 Å². The van der Waals surface area contributed by atoms with Crippen LogP contribution in [0.15, 0.2) is 59.2 Å². The zero-order chi connectivity index (χ0) is 16.9. The second-order valence-corrected chi connectivity index (χ2v) is 6.91. The number of aryl methyl sites for hydroxylation is 1. The van der Waals surface area contributed by atoms with E-state index in [9.17, 15) is 4.79 Å². The Morgan fingerprint density at radius 1 is 1.12 bits per heavy atom. The first kappa shape index (κ1) is 16.8. The first-order chi connectivity index (χ1) is 11.7. The minimum absolute atomic E-state index is 0.0169. The largest absolute Gasteiger partial charge is 0.338 e. The van der Waals surface area contributed by atoms with E-state index < -0.39 is 0 Å². The first-order valence-corrected chi connectivity index (χ1v) is 9.08. The van der Waals surface area contributed by atoms with E-state index in [0.29, 0.717) is 6.54 Å². The zero-order valence-corrected chi connectivity index (χ0v) is 15.3. The topological polar surface area (TPSA) is 34.0 Å². The van der Waals surface area contributed by atoms with Crippen molar-refractivity contribution in [3.05, 3.63) is 64.8 Å². The van der Waals surface area contributed by atoms with Crippen LogP contribution in [0.4, 0.5) is 5.69 Å². The lowest BCUT2D eigenvalue weighted by molar-refractivity contribution is -0.116. The van der Waals surface area contributed by atoms with Crippen molar-refractivity contribution in [2.45, 2.75) is 32.7 Å². The van der Waals surface area contributed by atoms with Gasteiger partial charge in [0.2, 0.25) is 5.91 Å². The highest BCUT2D eigenvalue weighted by Gasteiger charge is 2.07. The molecule has 0 bridgehead atoms. The van der Waals surface area contributed by atoms with Crippen molar-refractivity contribution in [1.29, 1.82) is 0 Å². The Morgan fingerprint density at radius 2 is 1.92 bits per heavy atom. The molecule has 1 N–H and O–H groups in total. The number of carbonyl (C=O) groups excluding carboxylic acids is 1. The number of hydrogen-bond acceptors (Lipinski definition) is 1. The lowest BCUT2D eigenvalue weighted by Gasteiger charge is -2.08. The molecule has 0 saturated carbocycles. The maximum Gasteiger partial charge on any atom is 0.244 e. The van der Waals surface area contributed by atoms with Crippen molar-refractivity contribution in [3.8, 4) is 0 Å². The van der Waals surface area contributed by atoms with Crippen LogP contribution in [0.25, 0.3) is 10.9 Å². The molecule has 0 spiro atoms. The van der Waals surface area contributed by atoms with E-state index in [1.54, 1.807) is 0 Å². The Balaban J connectivity index is 1.64. The van der Waals surface area contributed by atoms with Crippen molar-refractivity contribution in [3.63, 3.8) is 0 Å². The SMILES string of the molecule is CCCCc1ccc(NC(=O)Cn2ccc3cc(Br)ccc32)cc1. The van der Waals surface area contributed by atoms with Crippen molar-refractivity contribution in [1.82, 2.24) is 4.57 Å². The predicted molar refractivity (Wildman–Crippen MR) is 103 cm³/mol. The molecule has 0 radical (unpaired) electrons. The van der Waals surface area contributed by atoms with Gasteiger partial charge in [-0.3, -0.25) is 4.79 Å². The number of aromatic nitrogens is 1. The zero-order valence-electron chi connectivity index (χ0n) is 13.8. The lowest BCUT2D eigenvalue weighted by atomic mass is 10.1. The van der Waals surface area contributed by atoms with Crippen LogP contribution >= 0.6 is 15.9 Å². The molecule has 0 unspecified atom stereocenters. The Kier molecular flexibility index (Phi) is 5.36. The summed E-state index contributed by atoms with van der Waals surface area (Å²) >= 11 is 3.47. The van der Waals surface area contributed by atoms with Crippen LogP contribution in [0.3, 0.4) is 0 Å². The van der Waals surface area contributed by atoms with Crippen molar-refractivity contribution in [2.24, 2.45) is 0 Å². The first-order valence-electron chi connectivity index (χ1n) is 8.29. The molecule has 3 rings (SSSR count). The molecule has 0 aliphatic heterocycles. The van der Waals surface area contributed by atoms with E-state index in [0.717, 1.165) is 27.5 Å². The number of anilines is 1. The van der Waals surface area contributed by atoms with Gasteiger partial charge < -0.3 is 9.88 Å². The van der Waals surface area contributed by atoms with Gasteiger partial charge >= 0.3 is 0 Å². The molecule has 124 valence electrons. The van der Waals surface area contributed by atoms with Gasteiger partial charge in [-0.2, -0.15) is 0 Å². The number of fused-ring (bicyclic) bond motifs is 1. The minimum atomic E-state index is -0.0169. The van der Waals surface area contributed by atoms with Crippen LogP contribution < -0.4 is 5.32 Å². The number of amides is 1. The smallest absolute Gasteiger partial charge is 0.244 e. The van der Waals surface area contributed by atoms with Crippen molar-refractivity contribution >= 4 is 38.4 Å². The third-order valence-corrected chi connectivity index (χ3v) is 4.60. The highest BCUT2D eigenvalue weighted by atomic mass is 79.9. The van der Waals surface area contributed by atoms with Gasteiger partial charge in [0.15, 0.2) is 0 Å². The summed E-state index contributed by atoms with van der Waals surface area (Å²) < 4.78 is 3.01. The summed E-state index contributed by atoms with van der Waals surface area (Å²) in [6, 6.07) is 16.2. The fourth-order valence-electron chi connectivity index (χ4n) is 2.80. The molecule has 0 atom stereocenters. The van der Waals surface area contributed by atoms with Crippen LogP contribution in [0.1, 0.15) is 25.3 Å². The Morgan fingerprint density at radius 3 is 2.67 bits per heavy atom. The molecule has 0 aliphatic carbocycles. The molecular weight excluding hydrogens is 364 g/mol. The fraction of sp³-hybridized carbons (Fsp3) is 0.250. The molecule has 1 heterocycles. The van der Waals surface area contributed by atoms with Gasteiger partial charge in [0.05, 0.1) is 0 Å². The van der Waals surface area contributed by atoms with E-state index >= 15 is 0 Å². The average Bonchev–Trinajstić information content (AvgIpc) is 2.96. The third kappa shape index (κ3) is 4.06. The normalized spacial score (nSPS) is 10.9. The number of halogens is 1. The predicted octanol–water partition coefficient (Wildman–Crippen LogP) is 5.39. The number of rotatable bonds is 6. The van der Waals surface area contributed by atoms with Crippen LogP contribution in [0, 0.1) is 0 Å². The van der Waals surface area contributed by atoms with Crippen molar-refractivity contribution in [2.75, 3.05) is 5.32 Å². The quantitative estimate of drug-likeness (QED) is 0.607. The van der Waals surface area contributed by atoms with Gasteiger partial charge in [-0.1, -0.05) is 41.4 Å². The minimum Gasteiger partial charge on any atom is -0.338 e. The summed E-state index contributed by atoms with van der Waals surface area (Å²) in [5, 5.41) is 4.09. The second kappa shape index (κ2) is 7.67. The third-order valence-electron chi connectivity index (χ3n) is 4.10. The van der Waals surface area contributed by atoms with Gasteiger partial charge in [0, 0.05) is 27.3 Å². The summed E-state index contributed by atoms with van der Waals surface area (Å²) in [4.78, 5) is 12.3. The molecule has 3 aromatic rings. The molecule has 3 nitrogen and oxygen atoms in total. The molecule has 0 aliphatic rings. The number of hydrogen-bond donors (Lipinski definition) is 1. The van der Waals surface area contributed by atoms with Crippen LogP contribution in [-0.2, 0) is 17.8 Å². The monoisotopic (exact) mass is 384 g/mol. The maximum absolute atomic E-state index is 12.3. The number of nitrogens with zero attached hydrogens (tertiary/aromatic N) is 1. The molecule has 0 fully saturated rings. The molecule has 1 amide bonds. The average molecular weight is 385 g/mol. The number of benzene rings is 2. The molecule has 4 heteroatoms. The summed E-state index contributed by atoms with van der Waals surface area (Å²) in [5.41, 5.74) is 3.22. The summed E-state index contributed by atoms with van der Waals surface area (Å²) in [6.45, 7) is 2.50. The van der Waals surface area contributed by atoms with Gasteiger partial charge in [0.25, 0.3) is 0 Å². The fourth-order valence-corrected chi connectivity index (χ4v) is 3.18. The standard InChI is InChI=1S/C20H21BrN2O/c1-2-3-4-15-5-8-18(9-6-15)22-20(24)14-23-12-11-16-13-17(21)7-10-19(16)23/h5-13H,2-4,14H2,1H3,(H,22,24). The highest BCUT2D eigenvalue weighted by Crippen LogP contribution is 2.21. The van der Waals surface area contributed by atoms with Gasteiger partial charge in [0.1, 0.15) is 6.54 Å². The molecular formula is C20H21BrN2O. The number of unbranched alkanes of at least 4 members (excludes halogenated alkanes) is 1. The Hall–Kier alpha value is -2.07. The van der Waals surface area contributed by atoms with Crippen molar-refractivity contribution < 1.29 is 4.79 Å². The van der Waals surface area contributed by atoms with Gasteiger partial charge in [-0.05, 0) is 54.8 Å². The van der Waals surface area contributed by atoms with Crippen LogP contribution in [0.5, 0.6) is 0 Å². The highest BCUT2D eigenvalue weighted by molar-refractivity contribution is 9.10. The Bertz CT molecular complexity index is 836. The van der Waals surface area contributed by atoms with Gasteiger partial charge in [-0.15, -0.1) is 0 Å². The molecule has 2 aromatic carbocycles. The van der Waals surface area contributed by atoms with E-state index in [-0.39, 0.29) is 5.91 Å². The second-order valence-electron chi connectivity index (χ2n) is 6.00. The Labute approximate surface area is 150 Å². The number of carbonyl (C=O) groups is 1.